The van der Waals surface area contributed by atoms with Gasteiger partial charge in [-0.1, -0.05) is 18.2 Å². The maximum Gasteiger partial charge on any atom is 0.328 e. The molecule has 1 saturated heterocycles. The Morgan fingerprint density at radius 2 is 2.10 bits per heavy atom. The van der Waals surface area contributed by atoms with E-state index in [1.807, 2.05) is 12.1 Å². The molecule has 2 heterocycles. The van der Waals surface area contributed by atoms with Crippen LogP contribution in [0.5, 0.6) is 0 Å². The summed E-state index contributed by atoms with van der Waals surface area (Å²) in [5, 5.41) is 9.86. The van der Waals surface area contributed by atoms with E-state index in [-0.39, 0.29) is 19.1 Å². The van der Waals surface area contributed by atoms with Crippen molar-refractivity contribution in [1.82, 2.24) is 4.90 Å². The molecule has 6 heteroatoms. The van der Waals surface area contributed by atoms with Gasteiger partial charge < -0.3 is 19.2 Å². The van der Waals surface area contributed by atoms with Crippen LogP contribution in [-0.4, -0.2) is 47.7 Å². The van der Waals surface area contributed by atoms with Crippen LogP contribution in [0.25, 0.3) is 11.0 Å². The summed E-state index contributed by atoms with van der Waals surface area (Å²) >= 11 is 0. The van der Waals surface area contributed by atoms with Crippen LogP contribution in [-0.2, 0) is 9.53 Å². The Kier molecular flexibility index (Phi) is 3.15. The van der Waals surface area contributed by atoms with E-state index in [0.29, 0.717) is 23.1 Å². The molecule has 1 aromatic carbocycles. The summed E-state index contributed by atoms with van der Waals surface area (Å²) in [4.78, 5) is 25.1. The van der Waals surface area contributed by atoms with E-state index < -0.39 is 12.0 Å². The van der Waals surface area contributed by atoms with Gasteiger partial charge in [0.25, 0.3) is 5.91 Å². The molecule has 0 saturated carbocycles. The molecule has 1 fully saturated rings. The zero-order valence-corrected chi connectivity index (χ0v) is 10.6. The van der Waals surface area contributed by atoms with E-state index in [4.69, 9.17) is 9.15 Å². The number of carbonyl (C=O) groups excluding carboxylic acids is 1. The minimum Gasteiger partial charge on any atom is -0.480 e. The van der Waals surface area contributed by atoms with Gasteiger partial charge in [-0.25, -0.2) is 4.79 Å². The number of carboxylic acids is 1. The molecule has 1 atom stereocenters. The topological polar surface area (TPSA) is 80.0 Å². The summed E-state index contributed by atoms with van der Waals surface area (Å²) < 4.78 is 10.5. The molecule has 1 aromatic heterocycles. The van der Waals surface area contributed by atoms with Gasteiger partial charge >= 0.3 is 5.97 Å². The second kappa shape index (κ2) is 4.97. The van der Waals surface area contributed by atoms with Crippen LogP contribution in [0, 0.1) is 0 Å². The first kappa shape index (κ1) is 12.7. The first-order chi connectivity index (χ1) is 9.68. The third kappa shape index (κ3) is 2.04. The van der Waals surface area contributed by atoms with Gasteiger partial charge in [-0.15, -0.1) is 0 Å². The second-order valence-electron chi connectivity index (χ2n) is 4.57. The zero-order chi connectivity index (χ0) is 14.1. The molecule has 1 amide bonds. The van der Waals surface area contributed by atoms with Crippen molar-refractivity contribution >= 4 is 22.8 Å². The monoisotopic (exact) mass is 275 g/mol. The highest BCUT2D eigenvalue weighted by atomic mass is 16.5. The Morgan fingerprint density at radius 3 is 2.90 bits per heavy atom. The molecule has 6 nitrogen and oxygen atoms in total. The standard InChI is InChI=1S/C14H13NO5/c16-13(15-5-6-19-8-11(15)14(17)18)10-7-20-12-4-2-1-3-9(10)12/h1-4,7,11H,5-6,8H2,(H,17,18)/t11-/m0/s1. The Balaban J connectivity index is 1.96. The summed E-state index contributed by atoms with van der Waals surface area (Å²) in [6, 6.07) is 6.21. The van der Waals surface area contributed by atoms with Crippen molar-refractivity contribution in [2.45, 2.75) is 6.04 Å². The van der Waals surface area contributed by atoms with Gasteiger partial charge in [-0.3, -0.25) is 4.79 Å². The van der Waals surface area contributed by atoms with Crippen LogP contribution in [0.3, 0.4) is 0 Å². The van der Waals surface area contributed by atoms with Crippen molar-refractivity contribution in [1.29, 1.82) is 0 Å². The predicted octanol–water partition coefficient (Wildman–Crippen LogP) is 1.36. The lowest BCUT2D eigenvalue weighted by molar-refractivity contribution is -0.147. The number of aliphatic carboxylic acids is 1. The summed E-state index contributed by atoms with van der Waals surface area (Å²) in [5.74, 6) is -1.41. The Hall–Kier alpha value is -2.34. The maximum atomic E-state index is 12.5. The van der Waals surface area contributed by atoms with Gasteiger partial charge in [0.05, 0.1) is 18.8 Å². The van der Waals surface area contributed by atoms with E-state index in [0.717, 1.165) is 0 Å². The lowest BCUT2D eigenvalue weighted by Crippen LogP contribution is -2.52. The van der Waals surface area contributed by atoms with E-state index in [2.05, 4.69) is 0 Å². The van der Waals surface area contributed by atoms with Crippen LogP contribution >= 0.6 is 0 Å². The predicted molar refractivity (Wildman–Crippen MR) is 69.5 cm³/mol. The number of carbonyl (C=O) groups is 2. The Bertz CT molecular complexity index is 662. The van der Waals surface area contributed by atoms with Gasteiger partial charge in [0.1, 0.15) is 11.8 Å². The fourth-order valence-electron chi connectivity index (χ4n) is 2.35. The zero-order valence-electron chi connectivity index (χ0n) is 10.6. The molecule has 0 radical (unpaired) electrons. The van der Waals surface area contributed by atoms with Crippen molar-refractivity contribution in [3.63, 3.8) is 0 Å². The highest BCUT2D eigenvalue weighted by Crippen LogP contribution is 2.23. The molecular formula is C14H13NO5. The van der Waals surface area contributed by atoms with Crippen molar-refractivity contribution in [2.75, 3.05) is 19.8 Å². The number of ether oxygens (including phenoxy) is 1. The number of para-hydroxylation sites is 1. The molecule has 1 N–H and O–H groups in total. The lowest BCUT2D eigenvalue weighted by atomic mass is 10.1. The van der Waals surface area contributed by atoms with Crippen LogP contribution in [0.1, 0.15) is 10.4 Å². The van der Waals surface area contributed by atoms with E-state index in [1.165, 1.54) is 11.2 Å². The smallest absolute Gasteiger partial charge is 0.328 e. The number of nitrogens with zero attached hydrogens (tertiary/aromatic N) is 1. The Labute approximate surface area is 114 Å². The quantitative estimate of drug-likeness (QED) is 0.895. The summed E-state index contributed by atoms with van der Waals surface area (Å²) in [6.07, 6.45) is 1.38. The maximum absolute atomic E-state index is 12.5. The van der Waals surface area contributed by atoms with Crippen LogP contribution in [0.15, 0.2) is 34.9 Å². The number of furan rings is 1. The van der Waals surface area contributed by atoms with Crippen LogP contribution in [0.4, 0.5) is 0 Å². The van der Waals surface area contributed by atoms with E-state index in [9.17, 15) is 14.7 Å². The molecule has 0 spiro atoms. The van der Waals surface area contributed by atoms with E-state index >= 15 is 0 Å². The highest BCUT2D eigenvalue weighted by Gasteiger charge is 2.34. The third-order valence-electron chi connectivity index (χ3n) is 3.39. The van der Waals surface area contributed by atoms with Gasteiger partial charge in [0.2, 0.25) is 0 Å². The van der Waals surface area contributed by atoms with E-state index in [1.54, 1.807) is 12.1 Å². The molecule has 3 rings (SSSR count). The number of rotatable bonds is 2. The van der Waals surface area contributed by atoms with Gasteiger partial charge in [0, 0.05) is 11.9 Å². The minimum absolute atomic E-state index is 0.0108. The molecule has 1 aliphatic heterocycles. The summed E-state index contributed by atoms with van der Waals surface area (Å²) in [7, 11) is 0. The molecule has 0 unspecified atom stereocenters. The fraction of sp³-hybridized carbons (Fsp3) is 0.286. The first-order valence-corrected chi connectivity index (χ1v) is 6.26. The molecule has 0 aliphatic carbocycles. The number of hydrogen-bond donors (Lipinski definition) is 1. The lowest BCUT2D eigenvalue weighted by Gasteiger charge is -2.32. The normalized spacial score (nSPS) is 19.2. The molecule has 2 aromatic rings. The van der Waals surface area contributed by atoms with Crippen molar-refractivity contribution in [3.05, 3.63) is 36.1 Å². The SMILES string of the molecule is O=C(O)[C@@H]1COCCN1C(=O)c1coc2ccccc12. The van der Waals surface area contributed by atoms with Gasteiger partial charge in [-0.05, 0) is 6.07 Å². The fourth-order valence-corrected chi connectivity index (χ4v) is 2.35. The molecular weight excluding hydrogens is 262 g/mol. The van der Waals surface area contributed by atoms with Gasteiger partial charge in [0.15, 0.2) is 6.04 Å². The second-order valence-corrected chi connectivity index (χ2v) is 4.57. The molecule has 0 bridgehead atoms. The molecule has 20 heavy (non-hydrogen) atoms. The van der Waals surface area contributed by atoms with Crippen LogP contribution in [0.2, 0.25) is 0 Å². The average Bonchev–Trinajstić information content (AvgIpc) is 2.90. The van der Waals surface area contributed by atoms with Crippen LogP contribution < -0.4 is 0 Å². The molecule has 1 aliphatic rings. The van der Waals surface area contributed by atoms with Crippen molar-refractivity contribution in [3.8, 4) is 0 Å². The number of fused-ring (bicyclic) bond motifs is 1. The van der Waals surface area contributed by atoms with Crippen molar-refractivity contribution in [2.24, 2.45) is 0 Å². The first-order valence-electron chi connectivity index (χ1n) is 6.26. The molecule has 104 valence electrons. The summed E-state index contributed by atoms with van der Waals surface area (Å²) in [5.41, 5.74) is 0.990. The third-order valence-corrected chi connectivity index (χ3v) is 3.39. The number of benzene rings is 1. The summed E-state index contributed by atoms with van der Waals surface area (Å²) in [6.45, 7) is 0.609. The number of carboxylic acid groups (broad SMARTS) is 1. The Morgan fingerprint density at radius 1 is 1.30 bits per heavy atom. The van der Waals surface area contributed by atoms with Gasteiger partial charge in [-0.2, -0.15) is 0 Å². The van der Waals surface area contributed by atoms with Crippen molar-refractivity contribution < 1.29 is 23.8 Å². The highest BCUT2D eigenvalue weighted by molar-refractivity contribution is 6.06. The number of hydrogen-bond acceptors (Lipinski definition) is 4. The number of amides is 1. The number of morpholine rings is 1. The average molecular weight is 275 g/mol. The largest absolute Gasteiger partial charge is 0.480 e. The minimum atomic E-state index is -1.06.